The molecule has 190 valence electrons. The fourth-order valence-electron chi connectivity index (χ4n) is 3.00. The SMILES string of the molecule is O=P(N[C@@H](c1ccco1)P(=O)(OCC(F)(F)F)OCC(F)(F)F)(c1ccccc1)c1ccccc1. The molecule has 2 aromatic carbocycles. The van der Waals surface area contributed by atoms with Crippen LogP contribution in [0.5, 0.6) is 0 Å². The molecule has 1 aromatic heterocycles. The van der Waals surface area contributed by atoms with E-state index in [1.165, 1.54) is 54.6 Å². The summed E-state index contributed by atoms with van der Waals surface area (Å²) in [7, 11) is -9.42. The number of alkyl halides is 6. The third-order valence-corrected chi connectivity index (χ3v) is 9.36. The highest BCUT2D eigenvalue weighted by atomic mass is 31.2. The molecule has 0 aliphatic carbocycles. The summed E-state index contributed by atoms with van der Waals surface area (Å²) in [6.45, 7) is -4.36. The highest BCUT2D eigenvalue weighted by Crippen LogP contribution is 2.63. The van der Waals surface area contributed by atoms with Gasteiger partial charge in [-0.05, 0) is 36.4 Å². The van der Waals surface area contributed by atoms with Crippen molar-refractivity contribution >= 4 is 25.5 Å². The van der Waals surface area contributed by atoms with E-state index < -0.39 is 52.0 Å². The van der Waals surface area contributed by atoms with Crippen LogP contribution in [-0.4, -0.2) is 25.6 Å². The van der Waals surface area contributed by atoms with Crippen LogP contribution in [0.1, 0.15) is 11.5 Å². The molecule has 3 rings (SSSR count). The van der Waals surface area contributed by atoms with E-state index in [0.29, 0.717) is 0 Å². The molecule has 35 heavy (non-hydrogen) atoms. The number of nitrogens with one attached hydrogen (secondary N) is 1. The summed E-state index contributed by atoms with van der Waals surface area (Å²) >= 11 is 0. The Bertz CT molecular complexity index is 1100. The maximum Gasteiger partial charge on any atom is 0.412 e. The maximum absolute atomic E-state index is 14.3. The first kappa shape index (κ1) is 27.2. The molecule has 0 saturated heterocycles. The molecule has 3 aromatic rings. The molecule has 1 N–H and O–H groups in total. The zero-order chi connectivity index (χ0) is 25.7. The smallest absolute Gasteiger partial charge is 0.412 e. The fraction of sp³-hybridized carbons (Fsp3) is 0.238. The van der Waals surface area contributed by atoms with E-state index in [4.69, 9.17) is 4.42 Å². The molecule has 1 heterocycles. The topological polar surface area (TPSA) is 77.8 Å². The van der Waals surface area contributed by atoms with Crippen molar-refractivity contribution in [1.82, 2.24) is 5.09 Å². The number of halogens is 6. The van der Waals surface area contributed by atoms with Crippen LogP contribution in [0.15, 0.2) is 83.5 Å². The van der Waals surface area contributed by atoms with Crippen molar-refractivity contribution in [3.63, 3.8) is 0 Å². The van der Waals surface area contributed by atoms with Gasteiger partial charge in [-0.2, -0.15) is 26.3 Å². The predicted molar refractivity (Wildman–Crippen MR) is 116 cm³/mol. The van der Waals surface area contributed by atoms with Crippen LogP contribution < -0.4 is 15.7 Å². The van der Waals surface area contributed by atoms with Crippen LogP contribution in [-0.2, 0) is 18.2 Å². The van der Waals surface area contributed by atoms with Gasteiger partial charge in [-0.15, -0.1) is 0 Å². The second-order valence-corrected chi connectivity index (χ2v) is 11.8. The number of rotatable bonds is 10. The highest BCUT2D eigenvalue weighted by Gasteiger charge is 2.48. The molecule has 0 fully saturated rings. The van der Waals surface area contributed by atoms with Gasteiger partial charge in [0.2, 0.25) is 7.29 Å². The minimum Gasteiger partial charge on any atom is -0.467 e. The van der Waals surface area contributed by atoms with Gasteiger partial charge in [0, 0.05) is 10.6 Å². The van der Waals surface area contributed by atoms with Gasteiger partial charge in [0.15, 0.2) is 19.0 Å². The van der Waals surface area contributed by atoms with Crippen LogP contribution in [0, 0.1) is 0 Å². The lowest BCUT2D eigenvalue weighted by atomic mass is 10.4. The minimum atomic E-state index is -5.37. The van der Waals surface area contributed by atoms with Crippen molar-refractivity contribution in [2.24, 2.45) is 0 Å². The van der Waals surface area contributed by atoms with E-state index in [0.717, 1.165) is 12.3 Å². The summed E-state index contributed by atoms with van der Waals surface area (Å²) in [5.74, 6) is -2.49. The van der Waals surface area contributed by atoms with Gasteiger partial charge >= 0.3 is 19.9 Å². The summed E-state index contributed by atoms with van der Waals surface area (Å²) in [6.07, 6.45) is -9.04. The zero-order valence-corrected chi connectivity index (χ0v) is 19.5. The van der Waals surface area contributed by atoms with Gasteiger partial charge in [0.1, 0.15) is 5.76 Å². The quantitative estimate of drug-likeness (QED) is 0.245. The molecular formula is C21H19F6NO5P2. The molecule has 0 aliphatic rings. The molecule has 0 unspecified atom stereocenters. The van der Waals surface area contributed by atoms with Crippen LogP contribution in [0.2, 0.25) is 0 Å². The van der Waals surface area contributed by atoms with E-state index in [9.17, 15) is 35.5 Å². The summed E-state index contributed by atoms with van der Waals surface area (Å²) in [6, 6.07) is 17.5. The molecule has 0 saturated carbocycles. The van der Waals surface area contributed by atoms with Crippen molar-refractivity contribution in [2.45, 2.75) is 18.1 Å². The van der Waals surface area contributed by atoms with Crippen LogP contribution in [0.3, 0.4) is 0 Å². The Kier molecular flexibility index (Phi) is 8.34. The second-order valence-electron chi connectivity index (χ2n) is 7.14. The highest BCUT2D eigenvalue weighted by molar-refractivity contribution is 7.77. The first-order chi connectivity index (χ1) is 16.3. The Labute approximate surface area is 196 Å². The van der Waals surface area contributed by atoms with Gasteiger partial charge < -0.3 is 4.42 Å². The summed E-state index contributed by atoms with van der Waals surface area (Å²) < 4.78 is 119. The van der Waals surface area contributed by atoms with Crippen LogP contribution in [0.25, 0.3) is 0 Å². The zero-order valence-electron chi connectivity index (χ0n) is 17.7. The van der Waals surface area contributed by atoms with E-state index >= 15 is 0 Å². The van der Waals surface area contributed by atoms with E-state index in [2.05, 4.69) is 14.1 Å². The second kappa shape index (κ2) is 10.7. The Morgan fingerprint density at radius 2 is 1.20 bits per heavy atom. The largest absolute Gasteiger partial charge is 0.467 e. The third-order valence-electron chi connectivity index (χ3n) is 4.49. The summed E-state index contributed by atoms with van der Waals surface area (Å²) in [5, 5.41) is 2.77. The molecule has 14 heteroatoms. The van der Waals surface area contributed by atoms with Gasteiger partial charge in [-0.3, -0.25) is 18.2 Å². The summed E-state index contributed by atoms with van der Waals surface area (Å²) in [5.41, 5.74) is 0. The monoisotopic (exact) mass is 541 g/mol. The van der Waals surface area contributed by atoms with E-state index in [-0.39, 0.29) is 10.6 Å². The molecule has 0 amide bonds. The third kappa shape index (κ3) is 7.32. The average molecular weight is 541 g/mol. The van der Waals surface area contributed by atoms with Crippen molar-refractivity contribution in [2.75, 3.05) is 13.2 Å². The Morgan fingerprint density at radius 3 is 1.57 bits per heavy atom. The first-order valence-electron chi connectivity index (χ1n) is 9.87. The van der Waals surface area contributed by atoms with Crippen molar-refractivity contribution in [3.05, 3.63) is 84.8 Å². The number of hydrogen-bond donors (Lipinski definition) is 1. The first-order valence-corrected chi connectivity index (χ1v) is 13.2. The van der Waals surface area contributed by atoms with Crippen LogP contribution in [0.4, 0.5) is 26.3 Å². The van der Waals surface area contributed by atoms with Crippen molar-refractivity contribution < 1.29 is 48.9 Å². The molecular weight excluding hydrogens is 522 g/mol. The van der Waals surface area contributed by atoms with Gasteiger partial charge in [-0.25, -0.2) is 5.09 Å². The van der Waals surface area contributed by atoms with E-state index in [1.807, 2.05) is 0 Å². The predicted octanol–water partition coefficient (Wildman–Crippen LogP) is 6.15. The van der Waals surface area contributed by atoms with Crippen molar-refractivity contribution in [1.29, 1.82) is 0 Å². The Hall–Kier alpha value is -2.36. The standard InChI is InChI=1S/C21H19F6NO5P2/c22-20(23,24)14-32-35(30,33-15-21(25,26)27)19(18-12-7-13-31-18)28-34(29,16-8-3-1-4-9-16)17-10-5-2-6-11-17/h1-13,19H,14-15H2,(H,28,29)/t19-/m1/s1. The Morgan fingerprint density at radius 1 is 0.743 bits per heavy atom. The fourth-order valence-corrected chi connectivity index (χ4v) is 7.79. The molecule has 0 radical (unpaired) electrons. The van der Waals surface area contributed by atoms with Crippen molar-refractivity contribution in [3.8, 4) is 0 Å². The normalized spacial score (nSPS) is 14.1. The lowest BCUT2D eigenvalue weighted by Crippen LogP contribution is -2.32. The minimum absolute atomic E-state index is 0.140. The molecule has 0 bridgehead atoms. The molecule has 0 aliphatic heterocycles. The maximum atomic E-state index is 14.3. The summed E-state index contributed by atoms with van der Waals surface area (Å²) in [4.78, 5) is 0. The Balaban J connectivity index is 2.13. The average Bonchev–Trinajstić information content (AvgIpc) is 3.35. The number of benzene rings is 2. The lowest BCUT2D eigenvalue weighted by Gasteiger charge is -2.31. The molecule has 0 spiro atoms. The molecule has 6 nitrogen and oxygen atoms in total. The van der Waals surface area contributed by atoms with Gasteiger partial charge in [0.25, 0.3) is 0 Å². The van der Waals surface area contributed by atoms with Gasteiger partial charge in [-0.1, -0.05) is 36.4 Å². The number of furan rings is 1. The van der Waals surface area contributed by atoms with E-state index in [1.54, 1.807) is 12.1 Å². The number of hydrogen-bond acceptors (Lipinski definition) is 5. The molecule has 1 atom stereocenters. The van der Waals surface area contributed by atoms with Gasteiger partial charge in [0.05, 0.1) is 6.26 Å². The lowest BCUT2D eigenvalue weighted by molar-refractivity contribution is -0.166. The van der Waals surface area contributed by atoms with Crippen LogP contribution >= 0.6 is 14.9 Å².